The zero-order chi connectivity index (χ0) is 31.3. The molecular weight excluding hydrogens is 550 g/mol. The molecule has 0 radical (unpaired) electrons. The molecule has 3 fully saturated rings. The fraction of sp³-hybridized carbons (Fsp3) is 0.576. The third kappa shape index (κ3) is 6.40. The lowest BCUT2D eigenvalue weighted by Gasteiger charge is -2.40. The second kappa shape index (κ2) is 13.9. The zero-order valence-electron chi connectivity index (χ0n) is 25.4. The number of aliphatic hydroxyl groups excluding tert-OH is 1. The summed E-state index contributed by atoms with van der Waals surface area (Å²) in [5, 5.41) is 13.3. The van der Waals surface area contributed by atoms with Crippen LogP contribution in [-0.4, -0.2) is 94.2 Å². The molecule has 1 aromatic rings. The van der Waals surface area contributed by atoms with Gasteiger partial charge in [-0.15, -0.1) is 13.2 Å². The molecule has 7 atom stereocenters. The molecule has 10 heteroatoms. The maximum atomic E-state index is 14.4. The number of esters is 1. The van der Waals surface area contributed by atoms with Crippen molar-refractivity contribution in [1.29, 1.82) is 0 Å². The Morgan fingerprint density at radius 1 is 1.21 bits per heavy atom. The molecule has 4 rings (SSSR count). The minimum Gasteiger partial charge on any atom is -0.460 e. The third-order valence-electron chi connectivity index (χ3n) is 8.87. The minimum absolute atomic E-state index is 0.130. The first-order valence-corrected chi connectivity index (χ1v) is 15.2. The van der Waals surface area contributed by atoms with Crippen molar-refractivity contribution in [3.05, 3.63) is 61.2 Å². The van der Waals surface area contributed by atoms with E-state index in [1.165, 1.54) is 4.90 Å². The summed E-state index contributed by atoms with van der Waals surface area (Å²) in [6.45, 7) is 13.0. The van der Waals surface area contributed by atoms with Gasteiger partial charge in [-0.25, -0.2) is 0 Å². The summed E-state index contributed by atoms with van der Waals surface area (Å²) in [5.41, 5.74) is -0.310. The van der Waals surface area contributed by atoms with Gasteiger partial charge in [-0.1, -0.05) is 42.5 Å². The van der Waals surface area contributed by atoms with Gasteiger partial charge in [-0.2, -0.15) is 0 Å². The first-order valence-electron chi connectivity index (χ1n) is 15.2. The third-order valence-corrected chi connectivity index (χ3v) is 8.87. The first-order chi connectivity index (χ1) is 20.6. The summed E-state index contributed by atoms with van der Waals surface area (Å²) in [5.74, 6) is -3.25. The average Bonchev–Trinajstić information content (AvgIpc) is 3.64. The maximum absolute atomic E-state index is 14.4. The van der Waals surface area contributed by atoms with E-state index in [2.05, 4.69) is 18.5 Å². The molecule has 3 heterocycles. The van der Waals surface area contributed by atoms with Gasteiger partial charge in [0.2, 0.25) is 17.7 Å². The maximum Gasteiger partial charge on any atom is 0.312 e. The van der Waals surface area contributed by atoms with Crippen LogP contribution in [0, 0.1) is 11.8 Å². The summed E-state index contributed by atoms with van der Waals surface area (Å²) in [4.78, 5) is 57.6. The van der Waals surface area contributed by atoms with Crippen molar-refractivity contribution in [3.8, 4) is 0 Å². The smallest absolute Gasteiger partial charge is 0.312 e. The number of fused-ring (bicyclic) bond motifs is 1. The fourth-order valence-electron chi connectivity index (χ4n) is 6.92. The molecule has 234 valence electrons. The molecule has 0 aliphatic carbocycles. The van der Waals surface area contributed by atoms with Gasteiger partial charge in [-0.05, 0) is 52.0 Å². The van der Waals surface area contributed by atoms with E-state index in [9.17, 15) is 24.3 Å². The molecule has 3 aliphatic rings. The van der Waals surface area contributed by atoms with Crippen LogP contribution in [0.1, 0.15) is 52.0 Å². The number of carbonyl (C=O) groups is 4. The van der Waals surface area contributed by atoms with Crippen LogP contribution in [0.2, 0.25) is 0 Å². The van der Waals surface area contributed by atoms with Crippen LogP contribution in [0.3, 0.4) is 0 Å². The zero-order valence-corrected chi connectivity index (χ0v) is 25.4. The molecule has 2 N–H and O–H groups in total. The standard InChI is InChI=1S/C33H45N3O7/c1-6-8-14-26(38)34-19-22(5)42-32(41)27-25-15-16-33(43-25)28(27)30(39)36(24(20-37)18-23-12-10-9-11-13-23)29(33)31(40)35(17-7-2)21(3)4/h6-7,9-13,21-22,24-25,27-29,37H,1-2,8,14-20H2,3-5H3,(H,34,38)/t22-,24-,25-,27+,28+,29-,33+/m1/s1. The molecule has 1 spiro atoms. The van der Waals surface area contributed by atoms with Crippen LogP contribution in [0.15, 0.2) is 55.6 Å². The highest BCUT2D eigenvalue weighted by Crippen LogP contribution is 2.59. The Hall–Kier alpha value is -3.50. The van der Waals surface area contributed by atoms with Gasteiger partial charge < -0.3 is 29.7 Å². The van der Waals surface area contributed by atoms with E-state index >= 15 is 0 Å². The molecule has 0 unspecified atom stereocenters. The van der Waals surface area contributed by atoms with Crippen LogP contribution >= 0.6 is 0 Å². The van der Waals surface area contributed by atoms with Crippen LogP contribution < -0.4 is 5.32 Å². The van der Waals surface area contributed by atoms with E-state index in [0.717, 1.165) is 5.56 Å². The number of nitrogens with one attached hydrogen (secondary N) is 1. The molecule has 43 heavy (non-hydrogen) atoms. The van der Waals surface area contributed by atoms with Crippen molar-refractivity contribution in [2.45, 2.75) is 88.8 Å². The molecule has 2 bridgehead atoms. The predicted octanol–water partition coefficient (Wildman–Crippen LogP) is 2.40. The number of allylic oxidation sites excluding steroid dienone is 1. The lowest BCUT2D eigenvalue weighted by atomic mass is 9.70. The normalized spacial score (nSPS) is 27.0. The molecule has 3 saturated heterocycles. The molecule has 3 aliphatic heterocycles. The molecular formula is C33H45N3O7. The topological polar surface area (TPSA) is 125 Å². The van der Waals surface area contributed by atoms with Gasteiger partial charge in [0.15, 0.2) is 0 Å². The largest absolute Gasteiger partial charge is 0.460 e. The van der Waals surface area contributed by atoms with Crippen molar-refractivity contribution in [3.63, 3.8) is 0 Å². The number of ether oxygens (including phenoxy) is 2. The fourth-order valence-corrected chi connectivity index (χ4v) is 6.92. The molecule has 0 saturated carbocycles. The van der Waals surface area contributed by atoms with Crippen LogP contribution in [0.4, 0.5) is 0 Å². The SMILES string of the molecule is C=CCCC(=O)NC[C@@H](C)OC(=O)[C@@H]1[C@H]2C(=O)N([C@@H](CO)Cc3ccccc3)[C@H](C(=O)N(CC=C)C(C)C)[C@]23CC[C@H]1O3. The van der Waals surface area contributed by atoms with E-state index < -0.39 is 47.7 Å². The molecule has 1 aromatic carbocycles. The van der Waals surface area contributed by atoms with Crippen molar-refractivity contribution in [2.75, 3.05) is 19.7 Å². The van der Waals surface area contributed by atoms with E-state index in [1.807, 2.05) is 44.2 Å². The number of hydrogen-bond donors (Lipinski definition) is 2. The minimum atomic E-state index is -1.22. The predicted molar refractivity (Wildman–Crippen MR) is 161 cm³/mol. The summed E-state index contributed by atoms with van der Waals surface area (Å²) < 4.78 is 12.3. The number of carbonyl (C=O) groups excluding carboxylic acids is 4. The first kappa shape index (κ1) is 32.4. The van der Waals surface area contributed by atoms with E-state index in [1.54, 1.807) is 24.0 Å². The second-order valence-electron chi connectivity index (χ2n) is 12.1. The van der Waals surface area contributed by atoms with Gasteiger partial charge in [0.1, 0.15) is 17.7 Å². The summed E-state index contributed by atoms with van der Waals surface area (Å²) >= 11 is 0. The highest BCUT2D eigenvalue weighted by Gasteiger charge is 2.75. The molecule has 10 nitrogen and oxygen atoms in total. The number of amides is 3. The average molecular weight is 596 g/mol. The highest BCUT2D eigenvalue weighted by atomic mass is 16.6. The van der Waals surface area contributed by atoms with E-state index in [0.29, 0.717) is 32.1 Å². The summed E-state index contributed by atoms with van der Waals surface area (Å²) in [6, 6.07) is 7.59. The Balaban J connectivity index is 1.64. The number of aliphatic hydroxyl groups is 1. The number of rotatable bonds is 15. The van der Waals surface area contributed by atoms with Crippen LogP contribution in [-0.2, 0) is 35.1 Å². The number of benzene rings is 1. The Morgan fingerprint density at radius 2 is 1.93 bits per heavy atom. The number of hydrogen-bond acceptors (Lipinski definition) is 7. The Kier molecular flexibility index (Phi) is 10.4. The Morgan fingerprint density at radius 3 is 2.56 bits per heavy atom. The highest BCUT2D eigenvalue weighted by molar-refractivity contribution is 5.98. The Bertz CT molecular complexity index is 1200. The lowest BCUT2D eigenvalue weighted by molar-refractivity contribution is -0.160. The van der Waals surface area contributed by atoms with Crippen molar-refractivity contribution >= 4 is 23.7 Å². The Labute approximate surface area is 254 Å². The molecule has 0 aromatic heterocycles. The van der Waals surface area contributed by atoms with Crippen LogP contribution in [0.5, 0.6) is 0 Å². The van der Waals surface area contributed by atoms with Crippen molar-refractivity contribution < 1.29 is 33.8 Å². The monoisotopic (exact) mass is 595 g/mol. The molecule has 3 amide bonds. The van der Waals surface area contributed by atoms with Crippen molar-refractivity contribution in [2.24, 2.45) is 11.8 Å². The lowest BCUT2D eigenvalue weighted by Crippen LogP contribution is -2.60. The van der Waals surface area contributed by atoms with Gasteiger partial charge in [0.05, 0.1) is 37.1 Å². The van der Waals surface area contributed by atoms with E-state index in [-0.39, 0.29) is 43.5 Å². The summed E-state index contributed by atoms with van der Waals surface area (Å²) in [6.07, 6.45) is 4.21. The van der Waals surface area contributed by atoms with Gasteiger partial charge in [0, 0.05) is 19.0 Å². The van der Waals surface area contributed by atoms with Gasteiger partial charge >= 0.3 is 5.97 Å². The van der Waals surface area contributed by atoms with Crippen LogP contribution in [0.25, 0.3) is 0 Å². The van der Waals surface area contributed by atoms with Crippen molar-refractivity contribution in [1.82, 2.24) is 15.1 Å². The quantitative estimate of drug-likeness (QED) is 0.236. The second-order valence-corrected chi connectivity index (χ2v) is 12.1. The van der Waals surface area contributed by atoms with Gasteiger partial charge in [-0.3, -0.25) is 19.2 Å². The number of likely N-dealkylation sites (tertiary alicyclic amines) is 1. The van der Waals surface area contributed by atoms with E-state index in [4.69, 9.17) is 9.47 Å². The summed E-state index contributed by atoms with van der Waals surface area (Å²) in [7, 11) is 0. The van der Waals surface area contributed by atoms with Gasteiger partial charge in [0.25, 0.3) is 0 Å². The number of nitrogens with zero attached hydrogens (tertiary/aromatic N) is 2.